The molecule has 0 unspecified atom stereocenters. The van der Waals surface area contributed by atoms with Crippen LogP contribution in [0.2, 0.25) is 0 Å². The lowest BCUT2D eigenvalue weighted by Crippen LogP contribution is -2.36. The molecule has 3 heteroatoms. The van der Waals surface area contributed by atoms with Gasteiger partial charge in [0.25, 0.3) is 0 Å². The van der Waals surface area contributed by atoms with Crippen LogP contribution in [-0.4, -0.2) is 33.1 Å². The zero-order chi connectivity index (χ0) is 21.2. The third-order valence-electron chi connectivity index (χ3n) is 8.25. The molecular weight excluding hydrogens is 360 g/mol. The monoisotopic (exact) mass is 404 g/mol. The maximum Gasteiger partial charge on any atom is 0.0602 e. The van der Waals surface area contributed by atoms with Crippen LogP contribution in [0.25, 0.3) is 0 Å². The molecule has 3 aliphatic rings. The highest BCUT2D eigenvalue weighted by Gasteiger charge is 2.50. The third kappa shape index (κ3) is 5.74. The molecule has 0 aromatic rings. The number of fused-ring (bicyclic) bond motifs is 1. The highest BCUT2D eigenvalue weighted by molar-refractivity contribution is 5.26. The van der Waals surface area contributed by atoms with Gasteiger partial charge in [0.15, 0.2) is 0 Å². The van der Waals surface area contributed by atoms with Crippen molar-refractivity contribution >= 4 is 0 Å². The van der Waals surface area contributed by atoms with Gasteiger partial charge in [0, 0.05) is 0 Å². The van der Waals surface area contributed by atoms with E-state index in [1.807, 2.05) is 13.8 Å². The van der Waals surface area contributed by atoms with Crippen molar-refractivity contribution in [1.82, 2.24) is 0 Å². The van der Waals surface area contributed by atoms with Crippen LogP contribution in [0.15, 0.2) is 23.3 Å². The van der Waals surface area contributed by atoms with Gasteiger partial charge in [-0.05, 0) is 94.8 Å². The first-order valence-corrected chi connectivity index (χ1v) is 12.1. The number of aliphatic hydroxyl groups is 3. The Morgan fingerprint density at radius 3 is 2.48 bits per heavy atom. The van der Waals surface area contributed by atoms with Gasteiger partial charge in [-0.2, -0.15) is 0 Å². The van der Waals surface area contributed by atoms with Crippen molar-refractivity contribution in [3.05, 3.63) is 23.3 Å². The summed E-state index contributed by atoms with van der Waals surface area (Å²) in [6, 6.07) is 0. The maximum absolute atomic E-state index is 10.0. The number of allylic oxidation sites excluding steroid dienone is 3. The summed E-state index contributed by atoms with van der Waals surface area (Å²) in [5, 5.41) is 29.9. The Morgan fingerprint density at radius 1 is 1.14 bits per heavy atom. The average molecular weight is 405 g/mol. The normalized spacial score (nSPS) is 38.2. The van der Waals surface area contributed by atoms with Crippen LogP contribution in [0.5, 0.6) is 0 Å². The minimum Gasteiger partial charge on any atom is -0.393 e. The van der Waals surface area contributed by atoms with Gasteiger partial charge in [-0.1, -0.05) is 50.0 Å². The standard InChI is InChI=1S/C26H44O3/c1-18(7-5-13-25(2,3)29)23-11-12-24-20(8-6-14-26(23,24)4)10-9-19-15-21(27)17-22(28)16-19/h9-10,18,21-24,27-29H,5-8,11-17H2,1-4H3/b20-10+/t18-,21-,22-,23-,24-,26-/m1/s1. The van der Waals surface area contributed by atoms with E-state index in [0.717, 1.165) is 18.8 Å². The van der Waals surface area contributed by atoms with E-state index in [-0.39, 0.29) is 12.2 Å². The van der Waals surface area contributed by atoms with E-state index in [2.05, 4.69) is 26.0 Å². The van der Waals surface area contributed by atoms with Crippen LogP contribution >= 0.6 is 0 Å². The molecule has 166 valence electrons. The second-order valence-electron chi connectivity index (χ2n) is 11.3. The third-order valence-corrected chi connectivity index (χ3v) is 8.25. The van der Waals surface area contributed by atoms with Gasteiger partial charge < -0.3 is 15.3 Å². The molecule has 0 heterocycles. The Morgan fingerprint density at radius 2 is 1.83 bits per heavy atom. The molecule has 3 N–H and O–H groups in total. The zero-order valence-corrected chi connectivity index (χ0v) is 19.2. The van der Waals surface area contributed by atoms with Crippen molar-refractivity contribution < 1.29 is 15.3 Å². The summed E-state index contributed by atoms with van der Waals surface area (Å²) in [7, 11) is 0. The van der Waals surface area contributed by atoms with Crippen molar-refractivity contribution in [1.29, 1.82) is 0 Å². The van der Waals surface area contributed by atoms with Crippen molar-refractivity contribution in [2.45, 2.75) is 116 Å². The Kier molecular flexibility index (Phi) is 7.34. The van der Waals surface area contributed by atoms with Crippen molar-refractivity contribution in [2.75, 3.05) is 0 Å². The van der Waals surface area contributed by atoms with Gasteiger partial charge in [0.2, 0.25) is 0 Å². The molecule has 3 fully saturated rings. The van der Waals surface area contributed by atoms with Gasteiger partial charge >= 0.3 is 0 Å². The van der Waals surface area contributed by atoms with Gasteiger partial charge in [-0.3, -0.25) is 0 Å². The highest BCUT2D eigenvalue weighted by Crippen LogP contribution is 2.59. The summed E-state index contributed by atoms with van der Waals surface area (Å²) < 4.78 is 0. The lowest BCUT2D eigenvalue weighted by atomic mass is 9.60. The van der Waals surface area contributed by atoms with Gasteiger partial charge in [0.05, 0.1) is 17.8 Å². The molecule has 6 atom stereocenters. The second kappa shape index (κ2) is 9.24. The van der Waals surface area contributed by atoms with E-state index in [1.54, 1.807) is 5.57 Å². The minimum absolute atomic E-state index is 0.388. The molecule has 0 aromatic carbocycles. The smallest absolute Gasteiger partial charge is 0.0602 e. The predicted octanol–water partition coefficient (Wildman–Crippen LogP) is 5.54. The van der Waals surface area contributed by atoms with E-state index in [0.29, 0.717) is 36.5 Å². The number of hydrogen-bond acceptors (Lipinski definition) is 3. The summed E-state index contributed by atoms with van der Waals surface area (Å²) in [4.78, 5) is 0. The summed E-state index contributed by atoms with van der Waals surface area (Å²) in [6.07, 6.45) is 15.4. The molecule has 0 spiro atoms. The first-order valence-electron chi connectivity index (χ1n) is 12.1. The van der Waals surface area contributed by atoms with Crippen molar-refractivity contribution in [3.8, 4) is 0 Å². The zero-order valence-electron chi connectivity index (χ0n) is 19.2. The Hall–Kier alpha value is -0.640. The lowest BCUT2D eigenvalue weighted by molar-refractivity contribution is 0.0591. The van der Waals surface area contributed by atoms with Gasteiger partial charge in [-0.15, -0.1) is 0 Å². The van der Waals surface area contributed by atoms with E-state index >= 15 is 0 Å². The quantitative estimate of drug-likeness (QED) is 0.545. The molecule has 29 heavy (non-hydrogen) atoms. The van der Waals surface area contributed by atoms with Crippen LogP contribution in [0.3, 0.4) is 0 Å². The summed E-state index contributed by atoms with van der Waals surface area (Å²) in [6.45, 7) is 8.81. The average Bonchev–Trinajstić information content (AvgIpc) is 2.95. The molecule has 0 aliphatic heterocycles. The minimum atomic E-state index is -0.545. The van der Waals surface area contributed by atoms with E-state index in [9.17, 15) is 15.3 Å². The molecule has 3 saturated carbocycles. The molecular formula is C26H44O3. The first-order chi connectivity index (χ1) is 13.6. The van der Waals surface area contributed by atoms with Gasteiger partial charge in [-0.25, -0.2) is 0 Å². The maximum atomic E-state index is 10.0. The van der Waals surface area contributed by atoms with Crippen LogP contribution in [0.4, 0.5) is 0 Å². The van der Waals surface area contributed by atoms with Crippen LogP contribution in [-0.2, 0) is 0 Å². The number of rotatable bonds is 6. The molecule has 0 saturated heterocycles. The SMILES string of the molecule is C[C@H](CCCC(C)(C)O)[C@H]1CC[C@@H]2/C(=C/C=C3C[C@@H](O)C[C@H](O)C3)CCC[C@@]21C. The van der Waals surface area contributed by atoms with Crippen LogP contribution in [0, 0.1) is 23.2 Å². The highest BCUT2D eigenvalue weighted by atomic mass is 16.3. The fourth-order valence-electron chi connectivity index (χ4n) is 6.80. The molecule has 3 nitrogen and oxygen atoms in total. The van der Waals surface area contributed by atoms with Crippen LogP contribution < -0.4 is 0 Å². The molecule has 0 aromatic heterocycles. The van der Waals surface area contributed by atoms with E-state index < -0.39 is 5.60 Å². The van der Waals surface area contributed by atoms with E-state index in [1.165, 1.54) is 44.1 Å². The molecule has 0 bridgehead atoms. The molecule has 0 radical (unpaired) electrons. The fraction of sp³-hybridized carbons (Fsp3) is 0.846. The predicted molar refractivity (Wildman–Crippen MR) is 120 cm³/mol. The largest absolute Gasteiger partial charge is 0.393 e. The fourth-order valence-corrected chi connectivity index (χ4v) is 6.80. The summed E-state index contributed by atoms with van der Waals surface area (Å²) in [5.74, 6) is 2.19. The number of aliphatic hydroxyl groups excluding tert-OH is 2. The summed E-state index contributed by atoms with van der Waals surface area (Å²) in [5.41, 5.74) is 2.66. The summed E-state index contributed by atoms with van der Waals surface area (Å²) >= 11 is 0. The Bertz CT molecular complexity index is 602. The molecule has 0 amide bonds. The topological polar surface area (TPSA) is 60.7 Å². The second-order valence-corrected chi connectivity index (χ2v) is 11.3. The molecule has 3 rings (SSSR count). The first kappa shape index (κ1) is 23.0. The van der Waals surface area contributed by atoms with Crippen molar-refractivity contribution in [2.24, 2.45) is 23.2 Å². The van der Waals surface area contributed by atoms with Crippen molar-refractivity contribution in [3.63, 3.8) is 0 Å². The van der Waals surface area contributed by atoms with Crippen LogP contribution in [0.1, 0.15) is 98.3 Å². The Labute approximate surface area is 178 Å². The lowest BCUT2D eigenvalue weighted by Gasteiger charge is -2.44. The van der Waals surface area contributed by atoms with Gasteiger partial charge in [0.1, 0.15) is 0 Å². The Balaban J connectivity index is 1.66. The number of hydrogen-bond donors (Lipinski definition) is 3. The molecule has 3 aliphatic carbocycles. The van der Waals surface area contributed by atoms with E-state index in [4.69, 9.17) is 0 Å².